The van der Waals surface area contributed by atoms with Gasteiger partial charge in [-0.15, -0.1) is 0 Å². The van der Waals surface area contributed by atoms with E-state index in [1.54, 1.807) is 23.1 Å². The molecule has 0 atom stereocenters. The summed E-state index contributed by atoms with van der Waals surface area (Å²) in [7, 11) is 0. The average molecular weight is 365 g/mol. The predicted octanol–water partition coefficient (Wildman–Crippen LogP) is 1.06. The Morgan fingerprint density at radius 2 is 1.96 bits per heavy atom. The molecule has 2 amide bonds. The lowest BCUT2D eigenvalue weighted by molar-refractivity contribution is -0.129. The molecule has 1 aliphatic heterocycles. The quantitative estimate of drug-likeness (QED) is 0.711. The number of nitrogens with zero attached hydrogens (tertiary/aromatic N) is 2. The van der Waals surface area contributed by atoms with Crippen molar-refractivity contribution in [3.8, 4) is 0 Å². The van der Waals surface area contributed by atoms with Gasteiger partial charge in [0.15, 0.2) is 0 Å². The lowest BCUT2D eigenvalue weighted by Crippen LogP contribution is -2.42. The SMILES string of the molecule is CC(=O)N(CCC(=O)NCCN1CCOCC1)CCc1ccccc1F. The zero-order chi connectivity index (χ0) is 18.8. The number of nitrogens with one attached hydrogen (secondary N) is 1. The molecule has 0 unspecified atom stereocenters. The van der Waals surface area contributed by atoms with Crippen molar-refractivity contribution in [2.45, 2.75) is 19.8 Å². The van der Waals surface area contributed by atoms with E-state index in [1.807, 2.05) is 0 Å². The number of ether oxygens (including phenoxy) is 1. The number of benzene rings is 1. The van der Waals surface area contributed by atoms with Gasteiger partial charge in [-0.05, 0) is 18.1 Å². The molecule has 0 spiro atoms. The second kappa shape index (κ2) is 10.9. The second-order valence-corrected chi connectivity index (χ2v) is 6.40. The van der Waals surface area contributed by atoms with Crippen molar-refractivity contribution in [3.63, 3.8) is 0 Å². The molecule has 1 saturated heterocycles. The Morgan fingerprint density at radius 1 is 1.23 bits per heavy atom. The normalized spacial score (nSPS) is 14.8. The molecule has 1 N–H and O–H groups in total. The van der Waals surface area contributed by atoms with E-state index in [4.69, 9.17) is 4.74 Å². The maximum atomic E-state index is 13.7. The van der Waals surface area contributed by atoms with Crippen LogP contribution in [0.3, 0.4) is 0 Å². The Balaban J connectivity index is 1.67. The molecule has 1 heterocycles. The smallest absolute Gasteiger partial charge is 0.221 e. The highest BCUT2D eigenvalue weighted by Gasteiger charge is 2.13. The van der Waals surface area contributed by atoms with Crippen molar-refractivity contribution in [2.24, 2.45) is 0 Å². The van der Waals surface area contributed by atoms with E-state index < -0.39 is 0 Å². The van der Waals surface area contributed by atoms with Crippen molar-refractivity contribution in [1.82, 2.24) is 15.1 Å². The van der Waals surface area contributed by atoms with Gasteiger partial charge in [-0.2, -0.15) is 0 Å². The molecule has 0 aliphatic carbocycles. The molecule has 144 valence electrons. The minimum absolute atomic E-state index is 0.0737. The van der Waals surface area contributed by atoms with Crippen molar-refractivity contribution in [1.29, 1.82) is 0 Å². The average Bonchev–Trinajstić information content (AvgIpc) is 2.63. The standard InChI is InChI=1S/C19H28FN3O3/c1-16(24)23(9-6-17-4-2-3-5-18(17)20)10-7-19(25)21-8-11-22-12-14-26-15-13-22/h2-5H,6-15H2,1H3,(H,21,25). The molecule has 26 heavy (non-hydrogen) atoms. The van der Waals surface area contributed by atoms with E-state index in [9.17, 15) is 14.0 Å². The third kappa shape index (κ3) is 7.09. The van der Waals surface area contributed by atoms with Crippen molar-refractivity contribution in [3.05, 3.63) is 35.6 Å². The van der Waals surface area contributed by atoms with E-state index in [2.05, 4.69) is 10.2 Å². The minimum Gasteiger partial charge on any atom is -0.379 e. The summed E-state index contributed by atoms with van der Waals surface area (Å²) in [6.07, 6.45) is 0.685. The van der Waals surface area contributed by atoms with Crippen molar-refractivity contribution < 1.29 is 18.7 Å². The first kappa shape index (κ1) is 20.3. The molecule has 2 rings (SSSR count). The predicted molar refractivity (Wildman–Crippen MR) is 97.2 cm³/mol. The van der Waals surface area contributed by atoms with Crippen LogP contribution in [0.2, 0.25) is 0 Å². The number of halogens is 1. The molecule has 6 nitrogen and oxygen atoms in total. The summed E-state index contributed by atoms with van der Waals surface area (Å²) in [5.41, 5.74) is 0.578. The summed E-state index contributed by atoms with van der Waals surface area (Å²) in [4.78, 5) is 27.6. The van der Waals surface area contributed by atoms with Gasteiger partial charge in [0.1, 0.15) is 5.82 Å². The van der Waals surface area contributed by atoms with Crippen LogP contribution in [0.15, 0.2) is 24.3 Å². The van der Waals surface area contributed by atoms with Crippen molar-refractivity contribution >= 4 is 11.8 Å². The van der Waals surface area contributed by atoms with Gasteiger partial charge in [0.25, 0.3) is 0 Å². The van der Waals surface area contributed by atoms with Gasteiger partial charge >= 0.3 is 0 Å². The summed E-state index contributed by atoms with van der Waals surface area (Å²) in [5, 5.41) is 2.89. The van der Waals surface area contributed by atoms with Gasteiger partial charge in [0.05, 0.1) is 13.2 Å². The highest BCUT2D eigenvalue weighted by atomic mass is 19.1. The van der Waals surface area contributed by atoms with E-state index in [0.29, 0.717) is 31.6 Å². The van der Waals surface area contributed by atoms with Crippen LogP contribution in [-0.4, -0.2) is 74.1 Å². The Bertz CT molecular complexity index is 591. The summed E-state index contributed by atoms with van der Waals surface area (Å²) >= 11 is 0. The molecule has 1 fully saturated rings. The number of amides is 2. The summed E-state index contributed by atoms with van der Waals surface area (Å²) < 4.78 is 19.0. The summed E-state index contributed by atoms with van der Waals surface area (Å²) in [5.74, 6) is -0.449. The van der Waals surface area contributed by atoms with Crippen LogP contribution in [0.25, 0.3) is 0 Å². The Labute approximate surface area is 154 Å². The number of hydrogen-bond donors (Lipinski definition) is 1. The number of morpholine rings is 1. The fraction of sp³-hybridized carbons (Fsp3) is 0.579. The minimum atomic E-state index is -0.267. The van der Waals surface area contributed by atoms with Crippen molar-refractivity contribution in [2.75, 3.05) is 52.5 Å². The van der Waals surface area contributed by atoms with E-state index in [1.165, 1.54) is 13.0 Å². The first-order valence-corrected chi connectivity index (χ1v) is 9.12. The fourth-order valence-corrected chi connectivity index (χ4v) is 2.89. The highest BCUT2D eigenvalue weighted by Crippen LogP contribution is 2.08. The summed E-state index contributed by atoms with van der Waals surface area (Å²) in [6, 6.07) is 6.54. The first-order valence-electron chi connectivity index (χ1n) is 9.12. The molecule has 1 aromatic carbocycles. The van der Waals surface area contributed by atoms with Gasteiger partial charge in [0, 0.05) is 52.6 Å². The van der Waals surface area contributed by atoms with Crippen LogP contribution in [0.5, 0.6) is 0 Å². The highest BCUT2D eigenvalue weighted by molar-refractivity contribution is 5.78. The molecule has 0 aromatic heterocycles. The zero-order valence-electron chi connectivity index (χ0n) is 15.4. The molecule has 0 saturated carbocycles. The molecule has 0 bridgehead atoms. The molecule has 7 heteroatoms. The van der Waals surface area contributed by atoms with Crippen LogP contribution in [0, 0.1) is 5.82 Å². The largest absolute Gasteiger partial charge is 0.379 e. The van der Waals surface area contributed by atoms with Crippen LogP contribution in [0.4, 0.5) is 4.39 Å². The lowest BCUT2D eigenvalue weighted by Gasteiger charge is -2.26. The van der Waals surface area contributed by atoms with Crippen LogP contribution in [0.1, 0.15) is 18.9 Å². The molecule has 1 aliphatic rings. The second-order valence-electron chi connectivity index (χ2n) is 6.40. The summed E-state index contributed by atoms with van der Waals surface area (Å²) in [6.45, 7) is 6.87. The number of carbonyl (C=O) groups excluding carboxylic acids is 2. The van der Waals surface area contributed by atoms with Crippen LogP contribution < -0.4 is 5.32 Å². The third-order valence-corrected chi connectivity index (χ3v) is 4.52. The topological polar surface area (TPSA) is 61.9 Å². The first-order chi connectivity index (χ1) is 12.6. The molecular weight excluding hydrogens is 337 g/mol. The molecular formula is C19H28FN3O3. The van der Waals surface area contributed by atoms with Gasteiger partial charge in [-0.25, -0.2) is 4.39 Å². The lowest BCUT2D eigenvalue weighted by atomic mass is 10.1. The maximum Gasteiger partial charge on any atom is 0.221 e. The van der Waals surface area contributed by atoms with Gasteiger partial charge in [-0.1, -0.05) is 18.2 Å². The van der Waals surface area contributed by atoms with E-state index >= 15 is 0 Å². The molecule has 1 aromatic rings. The van der Waals surface area contributed by atoms with Crippen LogP contribution >= 0.6 is 0 Å². The third-order valence-electron chi connectivity index (χ3n) is 4.52. The van der Waals surface area contributed by atoms with E-state index in [-0.39, 0.29) is 24.1 Å². The van der Waals surface area contributed by atoms with Gasteiger partial charge in [0.2, 0.25) is 11.8 Å². The van der Waals surface area contributed by atoms with E-state index in [0.717, 1.165) is 32.8 Å². The van der Waals surface area contributed by atoms with Gasteiger partial charge < -0.3 is 15.0 Å². The Kier molecular flexibility index (Phi) is 8.50. The monoisotopic (exact) mass is 365 g/mol. The Morgan fingerprint density at radius 3 is 2.65 bits per heavy atom. The molecule has 0 radical (unpaired) electrons. The maximum absolute atomic E-state index is 13.7. The fourth-order valence-electron chi connectivity index (χ4n) is 2.89. The van der Waals surface area contributed by atoms with Gasteiger partial charge in [-0.3, -0.25) is 14.5 Å². The number of rotatable bonds is 9. The van der Waals surface area contributed by atoms with Crippen LogP contribution in [-0.2, 0) is 20.7 Å². The number of hydrogen-bond acceptors (Lipinski definition) is 4. The number of carbonyl (C=O) groups is 2. The Hall–Kier alpha value is -1.99. The zero-order valence-corrected chi connectivity index (χ0v) is 15.4.